The molecule has 0 aliphatic carbocycles. The van der Waals surface area contributed by atoms with E-state index in [0.717, 1.165) is 58.3 Å². The first-order chi connectivity index (χ1) is 12.6. The van der Waals surface area contributed by atoms with Gasteiger partial charge in [0.25, 0.3) is 0 Å². The van der Waals surface area contributed by atoms with Gasteiger partial charge >= 0.3 is 0 Å². The highest BCUT2D eigenvalue weighted by Gasteiger charge is 2.28. The normalized spacial score (nSPS) is 18.8. The van der Waals surface area contributed by atoms with E-state index in [9.17, 15) is 9.18 Å². The lowest BCUT2D eigenvalue weighted by Crippen LogP contribution is -2.37. The van der Waals surface area contributed by atoms with Crippen LogP contribution in [0.1, 0.15) is 50.1 Å². The van der Waals surface area contributed by atoms with Crippen LogP contribution >= 0.6 is 36.4 Å². The molecule has 1 atom stereocenters. The molecule has 1 aromatic rings. The second kappa shape index (κ2) is 12.9. The largest absolute Gasteiger partial charge is 0.354 e. The van der Waals surface area contributed by atoms with Crippen molar-refractivity contribution in [2.24, 2.45) is 5.92 Å². The summed E-state index contributed by atoms with van der Waals surface area (Å²) in [6.07, 6.45) is 5.98. The number of amides is 1. The molecule has 0 radical (unpaired) electrons. The Balaban J connectivity index is 0.00000196. The van der Waals surface area contributed by atoms with E-state index in [4.69, 9.17) is 11.6 Å². The molecular weight excluding hydrogens is 424 g/mol. The molecule has 2 fully saturated rings. The number of nitrogens with zero attached hydrogens (tertiary/aromatic N) is 1. The summed E-state index contributed by atoms with van der Waals surface area (Å²) in [5.74, 6) is 0.399. The number of carbonyl (C=O) groups is 1. The van der Waals surface area contributed by atoms with Crippen LogP contribution in [0.2, 0.25) is 5.02 Å². The number of piperidine rings is 1. The minimum atomic E-state index is -0.293. The topological polar surface area (TPSA) is 44.4 Å². The van der Waals surface area contributed by atoms with E-state index in [1.54, 1.807) is 12.1 Å². The molecule has 4 nitrogen and oxygen atoms in total. The summed E-state index contributed by atoms with van der Waals surface area (Å²) < 4.78 is 14.4. The summed E-state index contributed by atoms with van der Waals surface area (Å²) in [5, 5.41) is 6.81. The Bertz CT molecular complexity index is 588. The van der Waals surface area contributed by atoms with Gasteiger partial charge in [0.2, 0.25) is 5.91 Å². The lowest BCUT2D eigenvalue weighted by molar-refractivity contribution is -0.121. The molecule has 8 heteroatoms. The summed E-state index contributed by atoms with van der Waals surface area (Å²) in [5.41, 5.74) is 0.509. The fourth-order valence-electron chi connectivity index (χ4n) is 4.10. The summed E-state index contributed by atoms with van der Waals surface area (Å²) in [6.45, 7) is 4.34. The van der Waals surface area contributed by atoms with Crippen LogP contribution in [0, 0.1) is 11.7 Å². The Kier molecular flexibility index (Phi) is 11.7. The summed E-state index contributed by atoms with van der Waals surface area (Å²) in [7, 11) is 0. The van der Waals surface area contributed by atoms with E-state index in [0.29, 0.717) is 29.5 Å². The molecule has 1 amide bonds. The standard InChI is InChI=1S/C20H29ClFN3O.2ClH/c21-16-4-3-5-17(22)20(16)18(25-12-1-2-13-25)14-24-19(26)7-6-15-8-10-23-11-9-15;;/h3-5,15,18,23H,1-2,6-14H2,(H,24,26);2*1H. The average molecular weight is 455 g/mol. The zero-order valence-corrected chi connectivity index (χ0v) is 18.5. The van der Waals surface area contributed by atoms with Crippen molar-refractivity contribution in [2.75, 3.05) is 32.7 Å². The fourth-order valence-corrected chi connectivity index (χ4v) is 4.39. The Hall–Kier alpha value is -0.590. The lowest BCUT2D eigenvalue weighted by atomic mass is 9.93. The van der Waals surface area contributed by atoms with E-state index in [2.05, 4.69) is 15.5 Å². The van der Waals surface area contributed by atoms with E-state index in [1.807, 2.05) is 0 Å². The predicted octanol–water partition coefficient (Wildman–Crippen LogP) is 4.36. The van der Waals surface area contributed by atoms with Gasteiger partial charge in [-0.3, -0.25) is 9.69 Å². The van der Waals surface area contributed by atoms with Crippen LogP contribution in [-0.4, -0.2) is 43.5 Å². The highest BCUT2D eigenvalue weighted by molar-refractivity contribution is 6.31. The maximum Gasteiger partial charge on any atom is 0.220 e. The molecule has 0 aromatic heterocycles. The first-order valence-corrected chi connectivity index (χ1v) is 10.2. The maximum absolute atomic E-state index is 14.4. The van der Waals surface area contributed by atoms with Gasteiger partial charge in [-0.05, 0) is 76.3 Å². The number of rotatable bonds is 7. The molecule has 0 spiro atoms. The molecule has 160 valence electrons. The summed E-state index contributed by atoms with van der Waals surface area (Å²) >= 11 is 6.30. The number of halogens is 4. The van der Waals surface area contributed by atoms with Crippen molar-refractivity contribution in [3.63, 3.8) is 0 Å². The van der Waals surface area contributed by atoms with Crippen molar-refractivity contribution in [3.8, 4) is 0 Å². The van der Waals surface area contributed by atoms with Crippen molar-refractivity contribution in [1.82, 2.24) is 15.5 Å². The Labute approximate surface area is 184 Å². The molecule has 2 heterocycles. The van der Waals surface area contributed by atoms with Crippen LogP contribution in [0.3, 0.4) is 0 Å². The molecular formula is C20H31Cl3FN3O. The molecule has 1 aromatic carbocycles. The number of hydrogen-bond donors (Lipinski definition) is 2. The minimum Gasteiger partial charge on any atom is -0.354 e. The van der Waals surface area contributed by atoms with Gasteiger partial charge in [-0.1, -0.05) is 17.7 Å². The zero-order valence-electron chi connectivity index (χ0n) is 16.1. The number of carbonyl (C=O) groups excluding carboxylic acids is 1. The van der Waals surface area contributed by atoms with Crippen LogP contribution in [-0.2, 0) is 4.79 Å². The smallest absolute Gasteiger partial charge is 0.220 e. The third-order valence-corrected chi connectivity index (χ3v) is 5.97. The monoisotopic (exact) mass is 453 g/mol. The first-order valence-electron chi connectivity index (χ1n) is 9.80. The molecule has 2 aliphatic heterocycles. The molecule has 2 aliphatic rings. The number of benzene rings is 1. The van der Waals surface area contributed by atoms with Gasteiger partial charge < -0.3 is 10.6 Å². The zero-order chi connectivity index (χ0) is 18.4. The van der Waals surface area contributed by atoms with E-state index in [1.165, 1.54) is 6.07 Å². The molecule has 1 unspecified atom stereocenters. The van der Waals surface area contributed by atoms with E-state index >= 15 is 0 Å². The van der Waals surface area contributed by atoms with Crippen LogP contribution < -0.4 is 10.6 Å². The average Bonchev–Trinajstić information content (AvgIpc) is 3.17. The van der Waals surface area contributed by atoms with Gasteiger partial charge in [-0.2, -0.15) is 0 Å². The molecule has 2 saturated heterocycles. The third-order valence-electron chi connectivity index (χ3n) is 5.65. The number of hydrogen-bond acceptors (Lipinski definition) is 3. The van der Waals surface area contributed by atoms with Crippen molar-refractivity contribution in [2.45, 2.75) is 44.6 Å². The highest BCUT2D eigenvalue weighted by atomic mass is 35.5. The SMILES string of the molecule is Cl.Cl.O=C(CCC1CCNCC1)NCC(c1c(F)cccc1Cl)N1CCCC1. The first kappa shape index (κ1) is 25.4. The van der Waals surface area contributed by atoms with Crippen LogP contribution in [0.4, 0.5) is 4.39 Å². The molecule has 0 bridgehead atoms. The second-order valence-electron chi connectivity index (χ2n) is 7.43. The quantitative estimate of drug-likeness (QED) is 0.643. The lowest BCUT2D eigenvalue weighted by Gasteiger charge is -2.29. The Morgan fingerprint density at radius 1 is 1.25 bits per heavy atom. The van der Waals surface area contributed by atoms with Crippen molar-refractivity contribution in [1.29, 1.82) is 0 Å². The van der Waals surface area contributed by atoms with Gasteiger partial charge in [-0.25, -0.2) is 4.39 Å². The van der Waals surface area contributed by atoms with E-state index < -0.39 is 0 Å². The van der Waals surface area contributed by atoms with Gasteiger partial charge in [-0.15, -0.1) is 24.8 Å². The van der Waals surface area contributed by atoms with Gasteiger partial charge in [0.15, 0.2) is 0 Å². The summed E-state index contributed by atoms with van der Waals surface area (Å²) in [6, 6.07) is 4.60. The van der Waals surface area contributed by atoms with Crippen molar-refractivity contribution < 1.29 is 9.18 Å². The minimum absolute atomic E-state index is 0. The molecule has 0 saturated carbocycles. The van der Waals surface area contributed by atoms with Gasteiger partial charge in [0, 0.05) is 23.6 Å². The van der Waals surface area contributed by atoms with Crippen LogP contribution in [0.5, 0.6) is 0 Å². The predicted molar refractivity (Wildman–Crippen MR) is 117 cm³/mol. The van der Waals surface area contributed by atoms with Gasteiger partial charge in [0.05, 0.1) is 6.04 Å². The Morgan fingerprint density at radius 2 is 1.93 bits per heavy atom. The third kappa shape index (κ3) is 7.03. The maximum atomic E-state index is 14.4. The van der Waals surface area contributed by atoms with Crippen LogP contribution in [0.25, 0.3) is 0 Å². The van der Waals surface area contributed by atoms with Crippen molar-refractivity contribution in [3.05, 3.63) is 34.6 Å². The van der Waals surface area contributed by atoms with E-state index in [-0.39, 0.29) is 42.6 Å². The molecule has 28 heavy (non-hydrogen) atoms. The molecule has 2 N–H and O–H groups in total. The van der Waals surface area contributed by atoms with Crippen LogP contribution in [0.15, 0.2) is 18.2 Å². The Morgan fingerprint density at radius 3 is 2.57 bits per heavy atom. The molecule has 3 rings (SSSR count). The number of nitrogens with one attached hydrogen (secondary N) is 2. The van der Waals surface area contributed by atoms with Gasteiger partial charge in [0.1, 0.15) is 5.82 Å². The highest BCUT2D eigenvalue weighted by Crippen LogP contribution is 2.32. The number of likely N-dealkylation sites (tertiary alicyclic amines) is 1. The van der Waals surface area contributed by atoms with Crippen molar-refractivity contribution >= 4 is 42.3 Å². The second-order valence-corrected chi connectivity index (χ2v) is 7.84. The fraction of sp³-hybridized carbons (Fsp3) is 0.650. The summed E-state index contributed by atoms with van der Waals surface area (Å²) in [4.78, 5) is 14.6.